The molecule has 1 unspecified atom stereocenters. The third-order valence-electron chi connectivity index (χ3n) is 1.88. The van der Waals surface area contributed by atoms with Crippen molar-refractivity contribution in [3.05, 3.63) is 0 Å². The molecule has 0 aromatic rings. The Labute approximate surface area is 118 Å². The molecule has 0 radical (unpaired) electrons. The van der Waals surface area contributed by atoms with Gasteiger partial charge in [-0.2, -0.15) is 0 Å². The van der Waals surface area contributed by atoms with Crippen LogP contribution in [0.3, 0.4) is 0 Å². The number of hydrogen-bond donors (Lipinski definition) is 0. The molecule has 0 spiro atoms. The minimum absolute atomic E-state index is 0. The Hall–Kier alpha value is 1.11. The monoisotopic (exact) mass is 196 g/mol. The molecule has 0 N–H and O–H groups in total. The zero-order valence-electron chi connectivity index (χ0n) is 8.43. The van der Waals surface area contributed by atoms with Crippen molar-refractivity contribution in [1.29, 1.82) is 0 Å². The summed E-state index contributed by atoms with van der Waals surface area (Å²) in [6.45, 7) is 4.07. The summed E-state index contributed by atoms with van der Waals surface area (Å²) in [7, 11) is 0. The minimum Gasteiger partial charge on any atom is -0.550 e. The molecule has 0 aromatic heterocycles. The normalized spacial score (nSPS) is 11.8. The summed E-state index contributed by atoms with van der Waals surface area (Å²) in [6, 6.07) is 0. The third kappa shape index (κ3) is 7.74. The fourth-order valence-electron chi connectivity index (χ4n) is 1.18. The van der Waals surface area contributed by atoms with Gasteiger partial charge in [0.2, 0.25) is 0 Å². The summed E-state index contributed by atoms with van der Waals surface area (Å²) >= 11 is 0. The molecule has 66 valence electrons. The molecule has 0 saturated heterocycles. The van der Waals surface area contributed by atoms with Gasteiger partial charge in [-0.25, -0.2) is 0 Å². The molecule has 0 bridgehead atoms. The van der Waals surface area contributed by atoms with E-state index in [0.717, 1.165) is 32.1 Å². The van der Waals surface area contributed by atoms with Crippen molar-refractivity contribution in [2.45, 2.75) is 46.0 Å². The van der Waals surface area contributed by atoms with Gasteiger partial charge in [-0.05, 0) is 18.8 Å². The van der Waals surface area contributed by atoms with Crippen LogP contribution >= 0.6 is 0 Å². The molecule has 0 amide bonds. The Morgan fingerprint density at radius 1 is 1.25 bits per heavy atom. The molecule has 0 fully saturated rings. The molecule has 0 aliphatic carbocycles. The number of carbonyl (C=O) groups is 1. The van der Waals surface area contributed by atoms with Crippen LogP contribution < -0.4 is 56.5 Å². The van der Waals surface area contributed by atoms with Crippen LogP contribution in [0.25, 0.3) is 0 Å². The number of carboxylic acid groups (broad SMARTS) is 1. The summed E-state index contributed by atoms with van der Waals surface area (Å²) in [6.07, 6.45) is 4.55. The standard InChI is InChI=1S/C9H18O2.K/c1-3-5-7-8(6-4-2)9(10)11;/h8H,3-7H2,1-2H3,(H,10,11);/q;+1/p-1. The van der Waals surface area contributed by atoms with Crippen molar-refractivity contribution in [2.75, 3.05) is 0 Å². The van der Waals surface area contributed by atoms with Crippen molar-refractivity contribution in [1.82, 2.24) is 0 Å². The summed E-state index contributed by atoms with van der Waals surface area (Å²) in [5, 5.41) is 10.5. The molecule has 12 heavy (non-hydrogen) atoms. The van der Waals surface area contributed by atoms with E-state index in [2.05, 4.69) is 6.92 Å². The van der Waals surface area contributed by atoms with Crippen LogP contribution in [0.1, 0.15) is 46.0 Å². The van der Waals surface area contributed by atoms with Gasteiger partial charge >= 0.3 is 51.4 Å². The molecular weight excluding hydrogens is 179 g/mol. The number of carbonyl (C=O) groups excluding carboxylic acids is 1. The van der Waals surface area contributed by atoms with Crippen molar-refractivity contribution in [3.8, 4) is 0 Å². The zero-order chi connectivity index (χ0) is 8.69. The van der Waals surface area contributed by atoms with Gasteiger partial charge in [-0.15, -0.1) is 0 Å². The summed E-state index contributed by atoms with van der Waals surface area (Å²) in [5.41, 5.74) is 0. The summed E-state index contributed by atoms with van der Waals surface area (Å²) < 4.78 is 0. The summed E-state index contributed by atoms with van der Waals surface area (Å²) in [5.74, 6) is -1.08. The minimum atomic E-state index is -0.875. The van der Waals surface area contributed by atoms with E-state index < -0.39 is 5.97 Å². The average molecular weight is 196 g/mol. The van der Waals surface area contributed by atoms with Gasteiger partial charge in [-0.3, -0.25) is 0 Å². The first-order valence-corrected chi connectivity index (χ1v) is 4.43. The predicted molar refractivity (Wildman–Crippen MR) is 42.9 cm³/mol. The van der Waals surface area contributed by atoms with E-state index >= 15 is 0 Å². The molecule has 0 heterocycles. The molecule has 0 aliphatic heterocycles. The van der Waals surface area contributed by atoms with Crippen molar-refractivity contribution in [3.63, 3.8) is 0 Å². The Balaban J connectivity index is 0. The van der Waals surface area contributed by atoms with E-state index in [1.807, 2.05) is 6.92 Å². The Kier molecular flexibility index (Phi) is 13.2. The van der Waals surface area contributed by atoms with Gasteiger partial charge in [0.1, 0.15) is 0 Å². The van der Waals surface area contributed by atoms with Gasteiger partial charge in [0.05, 0.1) is 0 Å². The maximum absolute atomic E-state index is 10.5. The van der Waals surface area contributed by atoms with Gasteiger partial charge in [0.25, 0.3) is 0 Å². The third-order valence-corrected chi connectivity index (χ3v) is 1.88. The van der Waals surface area contributed by atoms with E-state index in [0.29, 0.717) is 0 Å². The van der Waals surface area contributed by atoms with Gasteiger partial charge in [-0.1, -0.05) is 33.1 Å². The van der Waals surface area contributed by atoms with Crippen LogP contribution in [0, 0.1) is 5.92 Å². The molecule has 0 rings (SSSR count). The van der Waals surface area contributed by atoms with Crippen LogP contribution in [-0.4, -0.2) is 5.97 Å². The van der Waals surface area contributed by atoms with Crippen LogP contribution in [0.5, 0.6) is 0 Å². The Morgan fingerprint density at radius 2 is 1.83 bits per heavy atom. The zero-order valence-corrected chi connectivity index (χ0v) is 11.6. The molecule has 2 nitrogen and oxygen atoms in total. The van der Waals surface area contributed by atoms with Crippen LogP contribution in [0.15, 0.2) is 0 Å². The van der Waals surface area contributed by atoms with Crippen molar-refractivity contribution in [2.24, 2.45) is 5.92 Å². The number of rotatable bonds is 6. The molecule has 3 heteroatoms. The maximum atomic E-state index is 10.5. The fourth-order valence-corrected chi connectivity index (χ4v) is 1.18. The molecule has 0 saturated carbocycles. The van der Waals surface area contributed by atoms with Crippen LogP contribution in [0.4, 0.5) is 0 Å². The van der Waals surface area contributed by atoms with E-state index in [4.69, 9.17) is 0 Å². The van der Waals surface area contributed by atoms with Crippen molar-refractivity contribution < 1.29 is 61.3 Å². The predicted octanol–water partition coefficient (Wildman–Crippen LogP) is -1.65. The second-order valence-electron chi connectivity index (χ2n) is 2.95. The SMILES string of the molecule is CCCCC(CCC)C(=O)[O-].[K+]. The molecule has 0 aromatic carbocycles. The topological polar surface area (TPSA) is 40.1 Å². The second kappa shape index (κ2) is 10.2. The second-order valence-corrected chi connectivity index (χ2v) is 2.95. The first kappa shape index (κ1) is 15.6. The maximum Gasteiger partial charge on any atom is 1.00 e. The molecule has 1 atom stereocenters. The number of unbranched alkanes of at least 4 members (excludes halogenated alkanes) is 1. The van der Waals surface area contributed by atoms with Crippen LogP contribution in [0.2, 0.25) is 0 Å². The first-order chi connectivity index (χ1) is 5.22. The number of aliphatic carboxylic acids is 1. The Morgan fingerprint density at radius 3 is 2.17 bits per heavy atom. The number of hydrogen-bond acceptors (Lipinski definition) is 2. The smallest absolute Gasteiger partial charge is 0.550 e. The van der Waals surface area contributed by atoms with Crippen molar-refractivity contribution >= 4 is 5.97 Å². The summed E-state index contributed by atoms with van der Waals surface area (Å²) in [4.78, 5) is 10.5. The number of carboxylic acids is 1. The molecule has 0 aliphatic rings. The van der Waals surface area contributed by atoms with Gasteiger partial charge in [0.15, 0.2) is 0 Å². The van der Waals surface area contributed by atoms with Crippen LogP contribution in [-0.2, 0) is 4.79 Å². The Bertz CT molecular complexity index is 115. The van der Waals surface area contributed by atoms with E-state index in [1.54, 1.807) is 0 Å². The first-order valence-electron chi connectivity index (χ1n) is 4.43. The average Bonchev–Trinajstić information content (AvgIpc) is 1.97. The van der Waals surface area contributed by atoms with E-state index in [-0.39, 0.29) is 57.3 Å². The largest absolute Gasteiger partial charge is 1.00 e. The van der Waals surface area contributed by atoms with Gasteiger partial charge < -0.3 is 9.90 Å². The quantitative estimate of drug-likeness (QED) is 0.477. The van der Waals surface area contributed by atoms with E-state index in [1.165, 1.54) is 0 Å². The van der Waals surface area contributed by atoms with Gasteiger partial charge in [0, 0.05) is 5.97 Å². The molecular formula is C9H17KO2. The fraction of sp³-hybridized carbons (Fsp3) is 0.889. The van der Waals surface area contributed by atoms with E-state index in [9.17, 15) is 9.90 Å².